The second kappa shape index (κ2) is 3.81. The zero-order valence-electron chi connectivity index (χ0n) is 10.2. The fraction of sp³-hybridized carbons (Fsp3) is 0.462. The topological polar surface area (TPSA) is 29.5 Å². The highest BCUT2D eigenvalue weighted by molar-refractivity contribution is 5.98. The summed E-state index contributed by atoms with van der Waals surface area (Å²) in [6.07, 6.45) is 0. The van der Waals surface area contributed by atoms with Crippen molar-refractivity contribution in [2.45, 2.75) is 26.3 Å². The Morgan fingerprint density at radius 3 is 2.62 bits per heavy atom. The van der Waals surface area contributed by atoms with Crippen LogP contribution in [0.3, 0.4) is 0 Å². The van der Waals surface area contributed by atoms with Crippen LogP contribution >= 0.6 is 0 Å². The summed E-state index contributed by atoms with van der Waals surface area (Å²) in [5.74, 6) is 1.36. The molecule has 86 valence electrons. The number of rotatable bonds is 2. The maximum Gasteiger partial charge on any atom is 0.254 e. The molecule has 3 nitrogen and oxygen atoms in total. The number of fused-ring (bicyclic) bond motifs is 1. The Morgan fingerprint density at radius 1 is 1.38 bits per heavy atom. The molecule has 0 fully saturated rings. The first-order valence-electron chi connectivity index (χ1n) is 5.51. The van der Waals surface area contributed by atoms with Crippen LogP contribution in [-0.2, 0) is 6.54 Å². The molecule has 0 spiro atoms. The Kier molecular flexibility index (Phi) is 2.62. The maximum atomic E-state index is 11.9. The number of carbonyl (C=O) groups excluding carboxylic acids is 1. The van der Waals surface area contributed by atoms with E-state index < -0.39 is 0 Å². The lowest BCUT2D eigenvalue weighted by Crippen LogP contribution is -2.17. The van der Waals surface area contributed by atoms with Crippen LogP contribution in [0.4, 0.5) is 0 Å². The van der Waals surface area contributed by atoms with E-state index in [9.17, 15) is 4.79 Å². The summed E-state index contributed by atoms with van der Waals surface area (Å²) in [6.45, 7) is 4.89. The second-order valence-corrected chi connectivity index (χ2v) is 4.57. The van der Waals surface area contributed by atoms with Crippen molar-refractivity contribution in [2.75, 3.05) is 14.2 Å². The van der Waals surface area contributed by atoms with E-state index in [1.165, 1.54) is 0 Å². The molecular formula is C13H17NO2. The Balaban J connectivity index is 2.56. The third-order valence-corrected chi connectivity index (χ3v) is 3.06. The van der Waals surface area contributed by atoms with Gasteiger partial charge >= 0.3 is 0 Å². The van der Waals surface area contributed by atoms with E-state index in [0.717, 1.165) is 22.4 Å². The van der Waals surface area contributed by atoms with E-state index in [1.807, 2.05) is 19.2 Å². The first-order chi connectivity index (χ1) is 7.54. The van der Waals surface area contributed by atoms with Crippen molar-refractivity contribution >= 4 is 5.91 Å². The molecule has 0 radical (unpaired) electrons. The average molecular weight is 219 g/mol. The molecule has 1 aliphatic heterocycles. The van der Waals surface area contributed by atoms with Crippen molar-refractivity contribution in [3.63, 3.8) is 0 Å². The van der Waals surface area contributed by atoms with Crippen molar-refractivity contribution in [3.05, 3.63) is 28.8 Å². The molecule has 2 rings (SSSR count). The highest BCUT2D eigenvalue weighted by Gasteiger charge is 2.26. The quantitative estimate of drug-likeness (QED) is 0.764. The Morgan fingerprint density at radius 2 is 2.06 bits per heavy atom. The molecule has 3 heteroatoms. The van der Waals surface area contributed by atoms with Crippen molar-refractivity contribution in [1.29, 1.82) is 0 Å². The predicted molar refractivity (Wildman–Crippen MR) is 62.9 cm³/mol. The van der Waals surface area contributed by atoms with Gasteiger partial charge in [-0.2, -0.15) is 0 Å². The zero-order chi connectivity index (χ0) is 11.9. The van der Waals surface area contributed by atoms with Crippen LogP contribution in [0, 0.1) is 0 Å². The van der Waals surface area contributed by atoms with Crippen LogP contribution in [0.25, 0.3) is 0 Å². The third kappa shape index (κ3) is 1.56. The van der Waals surface area contributed by atoms with Gasteiger partial charge in [0.05, 0.1) is 7.11 Å². The van der Waals surface area contributed by atoms with Crippen molar-refractivity contribution in [3.8, 4) is 5.75 Å². The average Bonchev–Trinajstić information content (AvgIpc) is 2.53. The number of nitrogens with zero attached hydrogens (tertiary/aromatic N) is 1. The third-order valence-electron chi connectivity index (χ3n) is 3.06. The van der Waals surface area contributed by atoms with E-state index in [2.05, 4.69) is 13.8 Å². The molecule has 16 heavy (non-hydrogen) atoms. The number of hydrogen-bond acceptors (Lipinski definition) is 2. The van der Waals surface area contributed by atoms with Crippen LogP contribution in [0.2, 0.25) is 0 Å². The van der Waals surface area contributed by atoms with Gasteiger partial charge in [0, 0.05) is 19.2 Å². The van der Waals surface area contributed by atoms with Gasteiger partial charge < -0.3 is 9.64 Å². The summed E-state index contributed by atoms with van der Waals surface area (Å²) in [5.41, 5.74) is 2.99. The number of benzene rings is 1. The summed E-state index contributed by atoms with van der Waals surface area (Å²) in [7, 11) is 3.50. The predicted octanol–water partition coefficient (Wildman–Crippen LogP) is 2.40. The molecule has 0 saturated heterocycles. The zero-order valence-corrected chi connectivity index (χ0v) is 10.2. The van der Waals surface area contributed by atoms with Gasteiger partial charge in [-0.1, -0.05) is 13.8 Å². The molecule has 0 N–H and O–H groups in total. The van der Waals surface area contributed by atoms with Crippen molar-refractivity contribution in [1.82, 2.24) is 4.90 Å². The molecular weight excluding hydrogens is 202 g/mol. The highest BCUT2D eigenvalue weighted by Crippen LogP contribution is 2.33. The lowest BCUT2D eigenvalue weighted by atomic mass is 9.97. The molecule has 1 aromatic rings. The summed E-state index contributed by atoms with van der Waals surface area (Å²) < 4.78 is 5.37. The standard InChI is InChI=1S/C13H17NO2/c1-8(2)10-6-11-9(5-12(10)16-4)7-14(3)13(11)15/h5-6,8H,7H2,1-4H3. The SMILES string of the molecule is COc1cc2c(cc1C(C)C)C(=O)N(C)C2. The number of methoxy groups -OCH3 is 1. The van der Waals surface area contributed by atoms with E-state index in [0.29, 0.717) is 12.5 Å². The number of amides is 1. The monoisotopic (exact) mass is 219 g/mol. The molecule has 0 unspecified atom stereocenters. The van der Waals surface area contributed by atoms with Crippen LogP contribution in [0.5, 0.6) is 5.75 Å². The summed E-state index contributed by atoms with van der Waals surface area (Å²) in [6, 6.07) is 3.97. The van der Waals surface area contributed by atoms with Gasteiger partial charge in [0.2, 0.25) is 0 Å². The van der Waals surface area contributed by atoms with E-state index in [-0.39, 0.29) is 5.91 Å². The molecule has 0 saturated carbocycles. The summed E-state index contributed by atoms with van der Waals surface area (Å²) in [5, 5.41) is 0. The molecule has 0 atom stereocenters. The second-order valence-electron chi connectivity index (χ2n) is 4.57. The van der Waals surface area contributed by atoms with Gasteiger partial charge in [-0.3, -0.25) is 4.79 Å². The fourth-order valence-corrected chi connectivity index (χ4v) is 2.13. The van der Waals surface area contributed by atoms with Crippen LogP contribution < -0.4 is 4.74 Å². The fourth-order valence-electron chi connectivity index (χ4n) is 2.13. The van der Waals surface area contributed by atoms with Gasteiger partial charge in [-0.05, 0) is 29.2 Å². The number of hydrogen-bond donors (Lipinski definition) is 0. The Bertz CT molecular complexity index is 438. The van der Waals surface area contributed by atoms with Crippen LogP contribution in [-0.4, -0.2) is 25.0 Å². The molecule has 1 aliphatic rings. The Labute approximate surface area is 96.0 Å². The van der Waals surface area contributed by atoms with E-state index >= 15 is 0 Å². The van der Waals surface area contributed by atoms with Crippen molar-refractivity contribution in [2.24, 2.45) is 0 Å². The minimum atomic E-state index is 0.111. The summed E-state index contributed by atoms with van der Waals surface area (Å²) in [4.78, 5) is 13.6. The van der Waals surface area contributed by atoms with E-state index in [4.69, 9.17) is 4.74 Å². The number of carbonyl (C=O) groups is 1. The molecule has 1 heterocycles. The smallest absolute Gasteiger partial charge is 0.254 e. The summed E-state index contributed by atoms with van der Waals surface area (Å²) >= 11 is 0. The molecule has 0 aliphatic carbocycles. The molecule has 1 aromatic carbocycles. The van der Waals surface area contributed by atoms with Gasteiger partial charge in [0.1, 0.15) is 5.75 Å². The first kappa shape index (κ1) is 11.0. The highest BCUT2D eigenvalue weighted by atomic mass is 16.5. The van der Waals surface area contributed by atoms with Gasteiger partial charge in [0.25, 0.3) is 5.91 Å². The lowest BCUT2D eigenvalue weighted by Gasteiger charge is -2.13. The van der Waals surface area contributed by atoms with E-state index in [1.54, 1.807) is 12.0 Å². The van der Waals surface area contributed by atoms with Crippen LogP contribution in [0.15, 0.2) is 12.1 Å². The normalized spacial score (nSPS) is 14.6. The largest absolute Gasteiger partial charge is 0.496 e. The van der Waals surface area contributed by atoms with Crippen LogP contribution in [0.1, 0.15) is 41.3 Å². The lowest BCUT2D eigenvalue weighted by molar-refractivity contribution is 0.0816. The van der Waals surface area contributed by atoms with Gasteiger partial charge in [0.15, 0.2) is 0 Å². The first-order valence-corrected chi connectivity index (χ1v) is 5.51. The van der Waals surface area contributed by atoms with Crippen molar-refractivity contribution < 1.29 is 9.53 Å². The number of ether oxygens (including phenoxy) is 1. The van der Waals surface area contributed by atoms with Gasteiger partial charge in [-0.25, -0.2) is 0 Å². The van der Waals surface area contributed by atoms with Gasteiger partial charge in [-0.15, -0.1) is 0 Å². The molecule has 0 bridgehead atoms. The molecule has 0 aromatic heterocycles. The molecule has 1 amide bonds. The minimum Gasteiger partial charge on any atom is -0.496 e. The minimum absolute atomic E-state index is 0.111. The Hall–Kier alpha value is -1.51. The maximum absolute atomic E-state index is 11.9.